The predicted molar refractivity (Wildman–Crippen MR) is 93.5 cm³/mol. The van der Waals surface area contributed by atoms with E-state index in [1.54, 1.807) is 24.3 Å². The van der Waals surface area contributed by atoms with E-state index in [9.17, 15) is 18.4 Å². The lowest BCUT2D eigenvalue weighted by Crippen LogP contribution is -2.41. The zero-order chi connectivity index (χ0) is 18.9. The van der Waals surface area contributed by atoms with Crippen molar-refractivity contribution in [2.75, 3.05) is 0 Å². The molecule has 0 aromatic heterocycles. The van der Waals surface area contributed by atoms with Gasteiger partial charge in [0.1, 0.15) is 5.75 Å². The lowest BCUT2D eigenvalue weighted by Gasteiger charge is -2.06. The summed E-state index contributed by atoms with van der Waals surface area (Å²) in [6.45, 7) is -2.89. The molecule has 0 spiro atoms. The second-order valence-corrected chi connectivity index (χ2v) is 5.56. The van der Waals surface area contributed by atoms with Crippen molar-refractivity contribution < 1.29 is 23.1 Å². The Labute approximate surface area is 153 Å². The van der Waals surface area contributed by atoms with Crippen LogP contribution in [0.25, 0.3) is 6.08 Å². The third-order valence-corrected chi connectivity index (χ3v) is 3.39. The molecule has 2 aromatic carbocycles. The van der Waals surface area contributed by atoms with Gasteiger partial charge in [-0.3, -0.25) is 20.4 Å². The Morgan fingerprint density at radius 1 is 1.04 bits per heavy atom. The molecule has 5 nitrogen and oxygen atoms in total. The van der Waals surface area contributed by atoms with Crippen molar-refractivity contribution in [3.05, 3.63) is 70.8 Å². The molecule has 2 aromatic rings. The van der Waals surface area contributed by atoms with Crippen molar-refractivity contribution in [3.63, 3.8) is 0 Å². The molecule has 2 rings (SSSR count). The monoisotopic (exact) mass is 380 g/mol. The quantitative estimate of drug-likeness (QED) is 0.596. The zero-order valence-electron chi connectivity index (χ0n) is 13.4. The molecular weight excluding hydrogens is 366 g/mol. The van der Waals surface area contributed by atoms with Crippen molar-refractivity contribution >= 4 is 29.5 Å². The maximum absolute atomic E-state index is 12.1. The van der Waals surface area contributed by atoms with Crippen LogP contribution in [0.1, 0.15) is 11.1 Å². The van der Waals surface area contributed by atoms with Crippen LogP contribution in [0.2, 0.25) is 5.02 Å². The molecule has 0 radical (unpaired) electrons. The van der Waals surface area contributed by atoms with Gasteiger partial charge >= 0.3 is 6.61 Å². The van der Waals surface area contributed by atoms with E-state index in [0.717, 1.165) is 5.56 Å². The van der Waals surface area contributed by atoms with Crippen LogP contribution in [-0.2, 0) is 16.0 Å². The van der Waals surface area contributed by atoms with E-state index in [2.05, 4.69) is 15.6 Å². The fraction of sp³-hybridized carbons (Fsp3) is 0.111. The Morgan fingerprint density at radius 2 is 1.69 bits per heavy atom. The lowest BCUT2D eigenvalue weighted by molar-refractivity contribution is -0.126. The number of amides is 2. The first-order valence-electron chi connectivity index (χ1n) is 7.48. The highest BCUT2D eigenvalue weighted by molar-refractivity contribution is 6.30. The summed E-state index contributed by atoms with van der Waals surface area (Å²) in [7, 11) is 0. The molecule has 0 aliphatic rings. The van der Waals surface area contributed by atoms with Crippen LogP contribution in [-0.4, -0.2) is 18.4 Å². The van der Waals surface area contributed by atoms with Crippen molar-refractivity contribution in [2.45, 2.75) is 13.0 Å². The highest BCUT2D eigenvalue weighted by Gasteiger charge is 2.05. The molecule has 0 heterocycles. The van der Waals surface area contributed by atoms with Gasteiger partial charge < -0.3 is 4.74 Å². The number of carbonyl (C=O) groups excluding carboxylic acids is 2. The molecule has 0 bridgehead atoms. The molecule has 2 amide bonds. The van der Waals surface area contributed by atoms with Gasteiger partial charge in [-0.25, -0.2) is 0 Å². The number of hydrogen-bond acceptors (Lipinski definition) is 3. The smallest absolute Gasteiger partial charge is 0.387 e. The number of hydrogen-bond donors (Lipinski definition) is 2. The zero-order valence-corrected chi connectivity index (χ0v) is 14.2. The van der Waals surface area contributed by atoms with Crippen molar-refractivity contribution in [2.24, 2.45) is 0 Å². The summed E-state index contributed by atoms with van der Waals surface area (Å²) in [4.78, 5) is 23.4. The molecule has 0 fully saturated rings. The van der Waals surface area contributed by atoms with Gasteiger partial charge in [-0.1, -0.05) is 35.9 Å². The molecule has 136 valence electrons. The SMILES string of the molecule is O=C(/C=C/c1ccc(OC(F)F)cc1)NNC(=O)Cc1ccc(Cl)cc1. The summed E-state index contributed by atoms with van der Waals surface area (Å²) in [5.74, 6) is -0.902. The number of nitrogens with one attached hydrogen (secondary N) is 2. The Bertz CT molecular complexity index is 778. The fourth-order valence-electron chi connectivity index (χ4n) is 1.94. The number of halogens is 3. The van der Waals surface area contributed by atoms with Gasteiger partial charge in [-0.05, 0) is 41.5 Å². The molecule has 0 atom stereocenters. The molecular formula is C18H15ClF2N2O3. The molecule has 0 saturated carbocycles. The maximum Gasteiger partial charge on any atom is 0.387 e. The fourth-order valence-corrected chi connectivity index (χ4v) is 2.06. The van der Waals surface area contributed by atoms with Crippen molar-refractivity contribution in [1.29, 1.82) is 0 Å². The van der Waals surface area contributed by atoms with Gasteiger partial charge in [-0.15, -0.1) is 0 Å². The molecule has 0 aliphatic heterocycles. The van der Waals surface area contributed by atoms with Crippen LogP contribution in [0.4, 0.5) is 8.78 Å². The van der Waals surface area contributed by atoms with E-state index in [0.29, 0.717) is 10.6 Å². The molecule has 8 heteroatoms. The van der Waals surface area contributed by atoms with Crippen LogP contribution in [0.3, 0.4) is 0 Å². The summed E-state index contributed by atoms with van der Waals surface area (Å²) in [6, 6.07) is 12.5. The minimum absolute atomic E-state index is 0.0241. The van der Waals surface area contributed by atoms with Crippen molar-refractivity contribution in [1.82, 2.24) is 10.9 Å². The van der Waals surface area contributed by atoms with E-state index in [-0.39, 0.29) is 18.1 Å². The molecule has 0 unspecified atom stereocenters. The Morgan fingerprint density at radius 3 is 2.31 bits per heavy atom. The first-order chi connectivity index (χ1) is 12.4. The molecule has 0 aliphatic carbocycles. The summed E-state index contributed by atoms with van der Waals surface area (Å²) < 4.78 is 28.3. The second kappa shape index (κ2) is 9.53. The lowest BCUT2D eigenvalue weighted by atomic mass is 10.1. The van der Waals surface area contributed by atoms with Crippen LogP contribution >= 0.6 is 11.6 Å². The predicted octanol–water partition coefficient (Wildman–Crippen LogP) is 3.34. The molecule has 26 heavy (non-hydrogen) atoms. The van der Waals surface area contributed by atoms with Crippen LogP contribution in [0, 0.1) is 0 Å². The highest BCUT2D eigenvalue weighted by atomic mass is 35.5. The first kappa shape index (κ1) is 19.4. The second-order valence-electron chi connectivity index (χ2n) is 5.12. The first-order valence-corrected chi connectivity index (χ1v) is 7.86. The van der Waals surface area contributed by atoms with Gasteiger partial charge in [0.25, 0.3) is 5.91 Å². The van der Waals surface area contributed by atoms with Gasteiger partial charge in [-0.2, -0.15) is 8.78 Å². The minimum atomic E-state index is -2.89. The van der Waals surface area contributed by atoms with Gasteiger partial charge in [0, 0.05) is 11.1 Å². The number of hydrazine groups is 1. The topological polar surface area (TPSA) is 67.4 Å². The number of ether oxygens (including phenoxy) is 1. The average molecular weight is 381 g/mol. The molecule has 2 N–H and O–H groups in total. The normalized spacial score (nSPS) is 10.8. The third kappa shape index (κ3) is 6.90. The average Bonchev–Trinajstić information content (AvgIpc) is 2.61. The van der Waals surface area contributed by atoms with E-state index < -0.39 is 12.5 Å². The van der Waals surface area contributed by atoms with Crippen LogP contribution < -0.4 is 15.6 Å². The van der Waals surface area contributed by atoms with Crippen LogP contribution in [0.5, 0.6) is 5.75 Å². The Hall–Kier alpha value is -2.93. The number of benzene rings is 2. The Balaban J connectivity index is 1.77. The summed E-state index contributed by atoms with van der Waals surface area (Å²) >= 11 is 5.76. The number of alkyl halides is 2. The van der Waals surface area contributed by atoms with E-state index in [4.69, 9.17) is 11.6 Å². The Kier molecular flexibility index (Phi) is 7.11. The van der Waals surface area contributed by atoms with Crippen LogP contribution in [0.15, 0.2) is 54.6 Å². The minimum Gasteiger partial charge on any atom is -0.435 e. The maximum atomic E-state index is 12.1. The van der Waals surface area contributed by atoms with E-state index in [1.807, 2.05) is 0 Å². The van der Waals surface area contributed by atoms with Crippen molar-refractivity contribution in [3.8, 4) is 5.75 Å². The third-order valence-electron chi connectivity index (χ3n) is 3.14. The van der Waals surface area contributed by atoms with Gasteiger partial charge in [0.2, 0.25) is 5.91 Å². The highest BCUT2D eigenvalue weighted by Crippen LogP contribution is 2.15. The summed E-state index contributed by atoms with van der Waals surface area (Å²) in [5, 5.41) is 0.571. The number of carbonyl (C=O) groups is 2. The van der Waals surface area contributed by atoms with Gasteiger partial charge in [0.05, 0.1) is 6.42 Å². The summed E-state index contributed by atoms with van der Waals surface area (Å²) in [5.41, 5.74) is 5.89. The largest absolute Gasteiger partial charge is 0.435 e. The molecule has 0 saturated heterocycles. The van der Waals surface area contributed by atoms with E-state index >= 15 is 0 Å². The number of rotatable bonds is 6. The summed E-state index contributed by atoms with van der Waals surface area (Å²) in [6.07, 6.45) is 2.76. The van der Waals surface area contributed by atoms with E-state index in [1.165, 1.54) is 36.4 Å². The standard InChI is InChI=1S/C18H15ClF2N2O3/c19-14-6-1-13(2-7-14)11-17(25)23-22-16(24)10-5-12-3-8-15(9-4-12)26-18(20)21/h1-10,18H,11H2,(H,22,24)(H,23,25)/b10-5+. The van der Waals surface area contributed by atoms with Gasteiger partial charge in [0.15, 0.2) is 0 Å².